The largest absolute Gasteiger partial charge is 0.503 e. The average Bonchev–Trinajstić information content (AvgIpc) is 1.87. The molecular weight excluding hydrogens is 162 g/mol. The predicted molar refractivity (Wildman–Crippen MR) is 45.3 cm³/mol. The first kappa shape index (κ1) is 13.8. The molecule has 0 heterocycles. The lowest BCUT2D eigenvalue weighted by Gasteiger charge is -2.20. The molecule has 0 radical (unpaired) electrons. The summed E-state index contributed by atoms with van der Waals surface area (Å²) in [6.07, 6.45) is -2.12. The van der Waals surface area contributed by atoms with Crippen LogP contribution < -0.4 is 0 Å². The molecule has 12 heavy (non-hydrogen) atoms. The molecule has 1 unspecified atom stereocenters. The van der Waals surface area contributed by atoms with Crippen LogP contribution >= 0.6 is 0 Å². The Morgan fingerprint density at radius 3 is 1.58 bits per heavy atom. The van der Waals surface area contributed by atoms with Crippen molar-refractivity contribution in [1.29, 1.82) is 0 Å². The van der Waals surface area contributed by atoms with E-state index < -0.39 is 6.16 Å². The van der Waals surface area contributed by atoms with Gasteiger partial charge >= 0.3 is 6.16 Å². The lowest BCUT2D eigenvalue weighted by Crippen LogP contribution is -2.32. The topological polar surface area (TPSA) is 81.0 Å². The van der Waals surface area contributed by atoms with Gasteiger partial charge in [0.2, 0.25) is 0 Å². The highest BCUT2D eigenvalue weighted by atomic mass is 16.6. The smallest absolute Gasteiger partial charge is 0.450 e. The number of rotatable bonds is 3. The number of aliphatic hydroxyl groups excluding tert-OH is 1. The molecule has 3 N–H and O–H groups in total. The van der Waals surface area contributed by atoms with Crippen molar-refractivity contribution in [3.63, 3.8) is 0 Å². The first-order valence-electron chi connectivity index (χ1n) is 3.79. The van der Waals surface area contributed by atoms with E-state index in [4.69, 9.17) is 20.1 Å². The van der Waals surface area contributed by atoms with E-state index in [0.29, 0.717) is 0 Å². The number of hydrogen-bond acceptors (Lipinski definition) is 3. The average molecular weight is 179 g/mol. The molecule has 0 rings (SSSR count). The number of nitrogens with zero attached hydrogens (tertiary/aromatic N) is 1. The molecule has 0 amide bonds. The van der Waals surface area contributed by atoms with Crippen LogP contribution in [0.2, 0.25) is 0 Å². The molecule has 0 aliphatic rings. The fourth-order valence-corrected chi connectivity index (χ4v) is 0.752. The molecule has 0 aromatic heterocycles. The second-order valence-corrected chi connectivity index (χ2v) is 2.14. The molecule has 1 atom stereocenters. The molecule has 0 saturated carbocycles. The monoisotopic (exact) mass is 179 g/mol. The van der Waals surface area contributed by atoms with Gasteiger partial charge in [-0.1, -0.05) is 13.8 Å². The Bertz CT molecular complexity index is 108. The third-order valence-electron chi connectivity index (χ3n) is 1.34. The minimum atomic E-state index is -1.83. The predicted octanol–water partition coefficient (Wildman–Crippen LogP) is 0.889. The highest BCUT2D eigenvalue weighted by Gasteiger charge is 2.02. The van der Waals surface area contributed by atoms with Crippen molar-refractivity contribution in [2.45, 2.75) is 27.0 Å². The highest BCUT2D eigenvalue weighted by molar-refractivity contribution is 5.53. The second kappa shape index (κ2) is 8.29. The standard InChI is InChI=1S/C6H15NO.CH2O3/c1-4-7(5-2)6(3)8;2-1(3)4/h6,8H,4-5H2,1-3H3;(H2,2,3,4). The fraction of sp³-hybridized carbons (Fsp3) is 0.857. The van der Waals surface area contributed by atoms with Crippen LogP contribution in [0, 0.1) is 0 Å². The van der Waals surface area contributed by atoms with Gasteiger partial charge in [0, 0.05) is 0 Å². The minimum absolute atomic E-state index is 0.287. The molecular formula is C7H17NO4. The third kappa shape index (κ3) is 11.9. The molecule has 0 saturated heterocycles. The summed E-state index contributed by atoms with van der Waals surface area (Å²) in [6, 6.07) is 0. The van der Waals surface area contributed by atoms with Gasteiger partial charge in [0.15, 0.2) is 0 Å². The Hall–Kier alpha value is -0.810. The number of carbonyl (C=O) groups is 1. The van der Waals surface area contributed by atoms with Crippen molar-refractivity contribution in [2.75, 3.05) is 13.1 Å². The van der Waals surface area contributed by atoms with Crippen LogP contribution in [0.1, 0.15) is 20.8 Å². The highest BCUT2D eigenvalue weighted by Crippen LogP contribution is 1.91. The van der Waals surface area contributed by atoms with E-state index in [1.165, 1.54) is 0 Å². The van der Waals surface area contributed by atoms with Gasteiger partial charge in [-0.25, -0.2) is 4.79 Å². The van der Waals surface area contributed by atoms with E-state index in [-0.39, 0.29) is 6.23 Å². The summed E-state index contributed by atoms with van der Waals surface area (Å²) >= 11 is 0. The van der Waals surface area contributed by atoms with Crippen molar-refractivity contribution in [3.05, 3.63) is 0 Å². The van der Waals surface area contributed by atoms with Gasteiger partial charge in [-0.3, -0.25) is 4.90 Å². The SMILES string of the molecule is CCN(CC)C(C)O.O=C(O)O. The molecule has 0 aromatic carbocycles. The molecule has 0 fully saturated rings. The quantitative estimate of drug-likeness (QED) is 0.560. The molecule has 0 aliphatic heterocycles. The maximum Gasteiger partial charge on any atom is 0.503 e. The Morgan fingerprint density at radius 2 is 1.58 bits per heavy atom. The third-order valence-corrected chi connectivity index (χ3v) is 1.34. The number of hydrogen-bond donors (Lipinski definition) is 3. The van der Waals surface area contributed by atoms with Crippen molar-refractivity contribution in [1.82, 2.24) is 4.90 Å². The van der Waals surface area contributed by atoms with Crippen LogP contribution in [0.3, 0.4) is 0 Å². The van der Waals surface area contributed by atoms with Gasteiger partial charge in [-0.2, -0.15) is 0 Å². The zero-order chi connectivity index (χ0) is 10.1. The van der Waals surface area contributed by atoms with Crippen LogP contribution in [0.4, 0.5) is 4.79 Å². The Morgan fingerprint density at radius 1 is 1.33 bits per heavy atom. The summed E-state index contributed by atoms with van der Waals surface area (Å²) in [5.41, 5.74) is 0. The molecule has 5 nitrogen and oxygen atoms in total. The summed E-state index contributed by atoms with van der Waals surface area (Å²) in [5, 5.41) is 22.9. The van der Waals surface area contributed by atoms with Crippen LogP contribution in [0.25, 0.3) is 0 Å². The first-order valence-corrected chi connectivity index (χ1v) is 3.79. The summed E-state index contributed by atoms with van der Waals surface area (Å²) in [7, 11) is 0. The summed E-state index contributed by atoms with van der Waals surface area (Å²) in [5.74, 6) is 0. The van der Waals surface area contributed by atoms with Gasteiger partial charge in [-0.05, 0) is 20.0 Å². The molecule has 0 aliphatic carbocycles. The zero-order valence-corrected chi connectivity index (χ0v) is 7.69. The van der Waals surface area contributed by atoms with Gasteiger partial charge in [0.05, 0.1) is 0 Å². The Balaban J connectivity index is 0. The first-order chi connectivity index (χ1) is 5.45. The molecule has 5 heteroatoms. The second-order valence-electron chi connectivity index (χ2n) is 2.14. The molecule has 0 spiro atoms. The van der Waals surface area contributed by atoms with Crippen molar-refractivity contribution in [2.24, 2.45) is 0 Å². The van der Waals surface area contributed by atoms with Crippen molar-refractivity contribution in [3.8, 4) is 0 Å². The van der Waals surface area contributed by atoms with E-state index >= 15 is 0 Å². The summed E-state index contributed by atoms with van der Waals surface area (Å²) < 4.78 is 0. The number of aliphatic hydroxyl groups is 1. The normalized spacial score (nSPS) is 11.8. The van der Waals surface area contributed by atoms with Crippen LogP contribution in [-0.2, 0) is 0 Å². The van der Waals surface area contributed by atoms with E-state index in [1.54, 1.807) is 6.92 Å². The van der Waals surface area contributed by atoms with Gasteiger partial charge < -0.3 is 15.3 Å². The van der Waals surface area contributed by atoms with Gasteiger partial charge in [0.25, 0.3) is 0 Å². The molecule has 0 bridgehead atoms. The van der Waals surface area contributed by atoms with E-state index in [1.807, 2.05) is 18.7 Å². The van der Waals surface area contributed by atoms with Crippen LogP contribution in [-0.4, -0.2) is 45.7 Å². The van der Waals surface area contributed by atoms with Gasteiger partial charge in [0.1, 0.15) is 6.23 Å². The lowest BCUT2D eigenvalue weighted by molar-refractivity contribution is 0.0265. The van der Waals surface area contributed by atoms with E-state index in [2.05, 4.69) is 0 Å². The maximum absolute atomic E-state index is 8.94. The zero-order valence-electron chi connectivity index (χ0n) is 7.69. The van der Waals surface area contributed by atoms with Crippen molar-refractivity contribution < 1.29 is 20.1 Å². The van der Waals surface area contributed by atoms with E-state index in [0.717, 1.165) is 13.1 Å². The summed E-state index contributed by atoms with van der Waals surface area (Å²) in [4.78, 5) is 10.5. The van der Waals surface area contributed by atoms with Crippen LogP contribution in [0.5, 0.6) is 0 Å². The molecule has 0 aromatic rings. The van der Waals surface area contributed by atoms with Crippen molar-refractivity contribution >= 4 is 6.16 Å². The molecule has 74 valence electrons. The minimum Gasteiger partial charge on any atom is -0.450 e. The maximum atomic E-state index is 8.94. The fourth-order valence-electron chi connectivity index (χ4n) is 0.752. The Labute approximate surface area is 72.2 Å². The van der Waals surface area contributed by atoms with Crippen LogP contribution in [0.15, 0.2) is 0 Å². The number of carboxylic acid groups (broad SMARTS) is 2. The van der Waals surface area contributed by atoms with Gasteiger partial charge in [-0.15, -0.1) is 0 Å². The lowest BCUT2D eigenvalue weighted by atomic mass is 10.5. The van der Waals surface area contributed by atoms with E-state index in [9.17, 15) is 0 Å². The Kier molecular flexibility index (Phi) is 9.50. The summed E-state index contributed by atoms with van der Waals surface area (Å²) in [6.45, 7) is 7.71.